The minimum absolute atomic E-state index is 0.658. The first-order chi connectivity index (χ1) is 19.8. The second kappa shape index (κ2) is 8.95. The van der Waals surface area contributed by atoms with E-state index in [1.807, 2.05) is 53.8 Å². The first kappa shape index (κ1) is 22.8. The Labute approximate surface area is 235 Å². The smallest absolute Gasteiger partial charge is 0.136 e. The summed E-state index contributed by atoms with van der Waals surface area (Å²) in [6.45, 7) is 0. The number of hydrogen-bond acceptors (Lipinski definition) is 3. The minimum atomic E-state index is 0.658. The highest BCUT2D eigenvalue weighted by atomic mass is 32.1. The lowest BCUT2D eigenvalue weighted by Crippen LogP contribution is -1.92. The van der Waals surface area contributed by atoms with E-state index in [0.29, 0.717) is 5.56 Å². The maximum absolute atomic E-state index is 10.0. The van der Waals surface area contributed by atoms with Crippen LogP contribution in [0.1, 0.15) is 5.56 Å². The van der Waals surface area contributed by atoms with E-state index in [1.165, 1.54) is 25.7 Å². The molecule has 0 saturated heterocycles. The molecule has 0 radical (unpaired) electrons. The van der Waals surface area contributed by atoms with Crippen LogP contribution in [0.2, 0.25) is 0 Å². The van der Waals surface area contributed by atoms with Crippen molar-refractivity contribution in [3.8, 4) is 39.4 Å². The summed E-state index contributed by atoms with van der Waals surface area (Å²) in [5.74, 6) is 0. The summed E-state index contributed by atoms with van der Waals surface area (Å²) >= 11 is 1.83. The molecule has 40 heavy (non-hydrogen) atoms. The minimum Gasteiger partial charge on any atom is -0.456 e. The number of thiophene rings is 1. The normalized spacial score (nSPS) is 11.5. The van der Waals surface area contributed by atoms with Gasteiger partial charge in [-0.05, 0) is 52.6 Å². The van der Waals surface area contributed by atoms with Gasteiger partial charge in [0.2, 0.25) is 0 Å². The van der Waals surface area contributed by atoms with E-state index in [2.05, 4.69) is 91.0 Å². The van der Waals surface area contributed by atoms with Crippen molar-refractivity contribution in [2.75, 3.05) is 0 Å². The van der Waals surface area contributed by atoms with Crippen LogP contribution in [0, 0.1) is 11.3 Å². The van der Waals surface area contributed by atoms with Crippen molar-refractivity contribution in [1.82, 2.24) is 0 Å². The number of benzene rings is 6. The molecular formula is C37H21NOS. The van der Waals surface area contributed by atoms with Gasteiger partial charge in [0, 0.05) is 42.1 Å². The fourth-order valence-corrected chi connectivity index (χ4v) is 7.20. The Kier molecular flexibility index (Phi) is 5.10. The zero-order valence-corrected chi connectivity index (χ0v) is 22.2. The Bertz CT molecular complexity index is 2300. The number of para-hydroxylation sites is 1. The third-order valence-corrected chi connectivity index (χ3v) is 8.98. The van der Waals surface area contributed by atoms with Gasteiger partial charge in [0.15, 0.2) is 0 Å². The SMILES string of the molecule is N#Cc1ccccc1-c1cccc(-c2cccc3c2sc2ccccc23)c1-c1ccc2c(c1)oc1ccccc12. The van der Waals surface area contributed by atoms with Crippen LogP contribution in [0.3, 0.4) is 0 Å². The van der Waals surface area contributed by atoms with Crippen LogP contribution in [-0.4, -0.2) is 0 Å². The average Bonchev–Trinajstić information content (AvgIpc) is 3.58. The Morgan fingerprint density at radius 3 is 2.08 bits per heavy atom. The van der Waals surface area contributed by atoms with Gasteiger partial charge in [-0.2, -0.15) is 5.26 Å². The largest absolute Gasteiger partial charge is 0.456 e. The highest BCUT2D eigenvalue weighted by Crippen LogP contribution is 2.46. The van der Waals surface area contributed by atoms with E-state index in [9.17, 15) is 5.26 Å². The molecule has 0 spiro atoms. The van der Waals surface area contributed by atoms with Gasteiger partial charge < -0.3 is 4.42 Å². The van der Waals surface area contributed by atoms with Crippen molar-refractivity contribution in [3.63, 3.8) is 0 Å². The van der Waals surface area contributed by atoms with Crippen molar-refractivity contribution in [2.24, 2.45) is 0 Å². The second-order valence-electron chi connectivity index (χ2n) is 9.98. The van der Waals surface area contributed by atoms with E-state index in [1.54, 1.807) is 0 Å². The van der Waals surface area contributed by atoms with Crippen molar-refractivity contribution in [1.29, 1.82) is 5.26 Å². The van der Waals surface area contributed by atoms with Gasteiger partial charge in [0.25, 0.3) is 0 Å². The van der Waals surface area contributed by atoms with Crippen LogP contribution in [0.5, 0.6) is 0 Å². The van der Waals surface area contributed by atoms with Gasteiger partial charge in [0.1, 0.15) is 11.2 Å². The van der Waals surface area contributed by atoms with Gasteiger partial charge in [0.05, 0.1) is 11.6 Å². The summed E-state index contributed by atoms with van der Waals surface area (Å²) < 4.78 is 8.85. The van der Waals surface area contributed by atoms with Gasteiger partial charge in [-0.15, -0.1) is 11.3 Å². The molecule has 0 bridgehead atoms. The predicted molar refractivity (Wildman–Crippen MR) is 168 cm³/mol. The molecule has 0 N–H and O–H groups in total. The summed E-state index contributed by atoms with van der Waals surface area (Å²) in [6, 6.07) is 46.6. The molecule has 8 aromatic rings. The molecule has 3 heteroatoms. The van der Waals surface area contributed by atoms with Gasteiger partial charge in [-0.25, -0.2) is 0 Å². The van der Waals surface area contributed by atoms with E-state index < -0.39 is 0 Å². The standard InChI is InChI=1S/C37H21NOS/c38-22-24-9-1-2-10-25(24)29-13-7-14-30(32-16-8-15-31-28-12-4-6-18-35(28)40-37(31)32)36(29)23-19-20-27-26-11-3-5-17-33(26)39-34(27)21-23/h1-21H. The lowest BCUT2D eigenvalue weighted by Gasteiger charge is -2.17. The summed E-state index contributed by atoms with van der Waals surface area (Å²) in [4.78, 5) is 0. The average molecular weight is 528 g/mol. The molecule has 0 aliphatic carbocycles. The van der Waals surface area contributed by atoms with Crippen LogP contribution in [0.25, 0.3) is 75.5 Å². The van der Waals surface area contributed by atoms with Crippen molar-refractivity contribution in [3.05, 3.63) is 133 Å². The molecule has 0 fully saturated rings. The van der Waals surface area contributed by atoms with Gasteiger partial charge in [-0.3, -0.25) is 0 Å². The Balaban J connectivity index is 1.47. The molecule has 6 aromatic carbocycles. The Hall–Kier alpha value is -5.17. The fraction of sp³-hybridized carbons (Fsp3) is 0. The third-order valence-electron chi connectivity index (χ3n) is 7.76. The lowest BCUT2D eigenvalue weighted by molar-refractivity contribution is 0.669. The number of hydrogen-bond donors (Lipinski definition) is 0. The Morgan fingerprint density at radius 2 is 1.18 bits per heavy atom. The van der Waals surface area contributed by atoms with Crippen LogP contribution >= 0.6 is 11.3 Å². The summed E-state index contributed by atoms with van der Waals surface area (Å²) in [6.07, 6.45) is 0. The van der Waals surface area contributed by atoms with Gasteiger partial charge in [-0.1, -0.05) is 97.1 Å². The molecule has 2 nitrogen and oxygen atoms in total. The zero-order chi connectivity index (χ0) is 26.6. The molecule has 2 aromatic heterocycles. The molecule has 0 atom stereocenters. The summed E-state index contributed by atoms with van der Waals surface area (Å²) in [5, 5.41) is 14.8. The molecule has 0 aliphatic rings. The van der Waals surface area contributed by atoms with Crippen LogP contribution < -0.4 is 0 Å². The summed E-state index contributed by atoms with van der Waals surface area (Å²) in [5.41, 5.74) is 8.83. The molecule has 0 aliphatic heterocycles. The molecule has 186 valence electrons. The lowest BCUT2D eigenvalue weighted by atomic mass is 9.86. The number of fused-ring (bicyclic) bond motifs is 6. The maximum Gasteiger partial charge on any atom is 0.136 e. The number of furan rings is 1. The van der Waals surface area contributed by atoms with Crippen LogP contribution in [-0.2, 0) is 0 Å². The topological polar surface area (TPSA) is 36.9 Å². The second-order valence-corrected chi connectivity index (χ2v) is 11.0. The first-order valence-electron chi connectivity index (χ1n) is 13.2. The van der Waals surface area contributed by atoms with Crippen molar-refractivity contribution in [2.45, 2.75) is 0 Å². The number of nitriles is 1. The number of rotatable bonds is 3. The fourth-order valence-electron chi connectivity index (χ4n) is 5.97. The van der Waals surface area contributed by atoms with Crippen LogP contribution in [0.15, 0.2) is 132 Å². The van der Waals surface area contributed by atoms with E-state index in [-0.39, 0.29) is 0 Å². The van der Waals surface area contributed by atoms with E-state index >= 15 is 0 Å². The van der Waals surface area contributed by atoms with E-state index in [0.717, 1.165) is 49.8 Å². The molecule has 0 unspecified atom stereocenters. The molecule has 0 amide bonds. The van der Waals surface area contributed by atoms with Crippen molar-refractivity contribution < 1.29 is 4.42 Å². The number of nitrogens with zero attached hydrogens (tertiary/aromatic N) is 1. The molecule has 0 saturated carbocycles. The van der Waals surface area contributed by atoms with Gasteiger partial charge >= 0.3 is 0 Å². The predicted octanol–water partition coefficient (Wildman–Crippen LogP) is 10.8. The molecular weight excluding hydrogens is 506 g/mol. The van der Waals surface area contributed by atoms with E-state index in [4.69, 9.17) is 4.42 Å². The zero-order valence-electron chi connectivity index (χ0n) is 21.4. The quantitative estimate of drug-likeness (QED) is 0.229. The first-order valence-corrected chi connectivity index (χ1v) is 14.1. The highest BCUT2D eigenvalue weighted by molar-refractivity contribution is 7.26. The molecule has 2 heterocycles. The molecule has 8 rings (SSSR count). The Morgan fingerprint density at radius 1 is 0.525 bits per heavy atom. The van der Waals surface area contributed by atoms with Crippen molar-refractivity contribution >= 4 is 53.4 Å². The highest BCUT2D eigenvalue weighted by Gasteiger charge is 2.20. The monoisotopic (exact) mass is 527 g/mol. The maximum atomic E-state index is 10.0. The summed E-state index contributed by atoms with van der Waals surface area (Å²) in [7, 11) is 0. The third kappa shape index (κ3) is 3.41. The van der Waals surface area contributed by atoms with Crippen LogP contribution in [0.4, 0.5) is 0 Å².